The Balaban J connectivity index is 1.66. The predicted octanol–water partition coefficient (Wildman–Crippen LogP) is 6.73. The molecule has 1 heterocycles. The monoisotopic (exact) mass is 479 g/mol. The molecule has 0 spiro atoms. The number of hydrogen-bond donors (Lipinski definition) is 1. The highest BCUT2D eigenvalue weighted by atomic mass is 79.9. The van der Waals surface area contributed by atoms with E-state index in [0.717, 1.165) is 10.0 Å². The number of benzene rings is 3. The number of amides is 1. The number of rotatable bonds is 5. The van der Waals surface area contributed by atoms with E-state index in [9.17, 15) is 9.59 Å². The second-order valence-corrected chi connectivity index (χ2v) is 7.86. The van der Waals surface area contributed by atoms with E-state index in [0.29, 0.717) is 27.2 Å². The van der Waals surface area contributed by atoms with E-state index in [1.54, 1.807) is 54.6 Å². The van der Waals surface area contributed by atoms with Gasteiger partial charge in [-0.05, 0) is 60.2 Å². The first-order valence-electron chi connectivity index (χ1n) is 9.08. The summed E-state index contributed by atoms with van der Waals surface area (Å²) in [7, 11) is 0. The fourth-order valence-corrected chi connectivity index (χ4v) is 3.36. The molecule has 1 amide bonds. The third kappa shape index (κ3) is 4.37. The lowest BCUT2D eigenvalue weighted by atomic mass is 10.1. The summed E-state index contributed by atoms with van der Waals surface area (Å²) in [4.78, 5) is 25.6. The van der Waals surface area contributed by atoms with Gasteiger partial charge in [-0.3, -0.25) is 9.59 Å². The first kappa shape index (κ1) is 20.1. The Morgan fingerprint density at radius 2 is 1.63 bits per heavy atom. The minimum atomic E-state index is -0.374. The highest BCUT2D eigenvalue weighted by Crippen LogP contribution is 2.32. The summed E-state index contributed by atoms with van der Waals surface area (Å²) in [5.74, 6) is -0.594. The number of fused-ring (bicyclic) bond motifs is 1. The third-order valence-electron chi connectivity index (χ3n) is 4.45. The summed E-state index contributed by atoms with van der Waals surface area (Å²) >= 11 is 9.24. The molecule has 0 atom stereocenters. The Kier molecular flexibility index (Phi) is 5.84. The van der Waals surface area contributed by atoms with Crippen LogP contribution in [0.3, 0.4) is 0 Å². The summed E-state index contributed by atoms with van der Waals surface area (Å²) in [6.45, 7) is 0. The molecule has 0 aliphatic heterocycles. The van der Waals surface area contributed by atoms with E-state index in [2.05, 4.69) is 21.2 Å². The van der Waals surface area contributed by atoms with Gasteiger partial charge < -0.3 is 9.73 Å². The minimum Gasteiger partial charge on any atom is -0.450 e. The molecule has 0 saturated heterocycles. The van der Waals surface area contributed by atoms with Gasteiger partial charge in [-0.15, -0.1) is 0 Å². The Bertz CT molecular complexity index is 1260. The molecule has 0 aliphatic carbocycles. The number of furan rings is 1. The van der Waals surface area contributed by atoms with Gasteiger partial charge in [-0.1, -0.05) is 51.8 Å². The first-order valence-corrected chi connectivity index (χ1v) is 10.2. The molecule has 1 N–H and O–H groups in total. The molecule has 0 bridgehead atoms. The summed E-state index contributed by atoms with van der Waals surface area (Å²) in [5.41, 5.74) is 2.17. The van der Waals surface area contributed by atoms with Crippen LogP contribution in [0.15, 0.2) is 87.8 Å². The van der Waals surface area contributed by atoms with Gasteiger partial charge in [-0.2, -0.15) is 0 Å². The lowest BCUT2D eigenvalue weighted by molar-refractivity contribution is -0.111. The number of anilines is 1. The second kappa shape index (κ2) is 8.69. The van der Waals surface area contributed by atoms with Gasteiger partial charge in [0, 0.05) is 26.5 Å². The van der Waals surface area contributed by atoms with Crippen LogP contribution in [-0.4, -0.2) is 11.7 Å². The number of halogens is 2. The van der Waals surface area contributed by atoms with Crippen molar-refractivity contribution in [3.05, 3.63) is 105 Å². The maximum absolute atomic E-state index is 13.0. The van der Waals surface area contributed by atoms with E-state index >= 15 is 0 Å². The fourth-order valence-electron chi connectivity index (χ4n) is 2.97. The van der Waals surface area contributed by atoms with Gasteiger partial charge in [0.25, 0.3) is 0 Å². The van der Waals surface area contributed by atoms with Crippen molar-refractivity contribution in [1.82, 2.24) is 0 Å². The Hall–Kier alpha value is -3.15. The number of ketones is 1. The SMILES string of the molecule is O=C(/C=C/c1ccc(Cl)cc1)Nc1c(C(=O)c2ccc(Br)cc2)oc2ccccc12. The lowest BCUT2D eigenvalue weighted by Gasteiger charge is -2.04. The van der Waals surface area contributed by atoms with Crippen LogP contribution in [0.4, 0.5) is 5.69 Å². The number of hydrogen-bond acceptors (Lipinski definition) is 3. The van der Waals surface area contributed by atoms with Crippen molar-refractivity contribution in [2.75, 3.05) is 5.32 Å². The molecule has 0 fully saturated rings. The quantitative estimate of drug-likeness (QED) is 0.254. The van der Waals surface area contributed by atoms with Crippen molar-refractivity contribution in [2.24, 2.45) is 0 Å². The highest BCUT2D eigenvalue weighted by molar-refractivity contribution is 9.10. The minimum absolute atomic E-state index is 0.0896. The second-order valence-electron chi connectivity index (χ2n) is 6.51. The fraction of sp³-hybridized carbons (Fsp3) is 0. The number of carbonyl (C=O) groups is 2. The van der Waals surface area contributed by atoms with Crippen molar-refractivity contribution in [2.45, 2.75) is 0 Å². The zero-order valence-electron chi connectivity index (χ0n) is 15.6. The van der Waals surface area contributed by atoms with Crippen LogP contribution < -0.4 is 5.32 Å². The molecule has 6 heteroatoms. The maximum atomic E-state index is 13.0. The number of carbonyl (C=O) groups excluding carboxylic acids is 2. The van der Waals surface area contributed by atoms with Crippen LogP contribution in [0.1, 0.15) is 21.7 Å². The van der Waals surface area contributed by atoms with Crippen LogP contribution in [-0.2, 0) is 4.79 Å². The van der Waals surface area contributed by atoms with E-state index in [1.807, 2.05) is 24.3 Å². The molecule has 148 valence electrons. The predicted molar refractivity (Wildman–Crippen MR) is 123 cm³/mol. The van der Waals surface area contributed by atoms with Crippen molar-refractivity contribution in [1.29, 1.82) is 0 Å². The molecular formula is C24H15BrClNO3. The van der Waals surface area contributed by atoms with Gasteiger partial charge in [0.1, 0.15) is 5.58 Å². The Morgan fingerprint density at radius 1 is 0.933 bits per heavy atom. The molecule has 0 aliphatic rings. The maximum Gasteiger partial charge on any atom is 0.248 e. The summed E-state index contributed by atoms with van der Waals surface area (Å²) in [6.07, 6.45) is 3.07. The molecule has 3 aromatic carbocycles. The topological polar surface area (TPSA) is 59.3 Å². The molecule has 0 saturated carbocycles. The van der Waals surface area contributed by atoms with E-state index in [-0.39, 0.29) is 17.5 Å². The van der Waals surface area contributed by atoms with Crippen LogP contribution in [0.2, 0.25) is 5.02 Å². The Labute approximate surface area is 186 Å². The molecule has 0 unspecified atom stereocenters. The molecule has 1 aromatic heterocycles. The zero-order chi connectivity index (χ0) is 21.1. The molecule has 4 nitrogen and oxygen atoms in total. The molecule has 4 rings (SSSR count). The van der Waals surface area contributed by atoms with Gasteiger partial charge >= 0.3 is 0 Å². The van der Waals surface area contributed by atoms with Gasteiger partial charge in [-0.25, -0.2) is 0 Å². The van der Waals surface area contributed by atoms with Crippen LogP contribution in [0.25, 0.3) is 17.0 Å². The van der Waals surface area contributed by atoms with E-state index < -0.39 is 0 Å². The summed E-state index contributed by atoms with van der Waals surface area (Å²) < 4.78 is 6.67. The number of nitrogens with one attached hydrogen (secondary N) is 1. The standard InChI is InChI=1S/C24H15BrClNO3/c25-17-10-8-16(9-11-17)23(29)24-22(19-3-1-2-4-20(19)30-24)27-21(28)14-7-15-5-12-18(26)13-6-15/h1-14H,(H,27,28)/b14-7+. The average molecular weight is 481 g/mol. The lowest BCUT2D eigenvalue weighted by Crippen LogP contribution is -2.11. The molecular weight excluding hydrogens is 466 g/mol. The van der Waals surface area contributed by atoms with Crippen molar-refractivity contribution in [3.63, 3.8) is 0 Å². The summed E-state index contributed by atoms with van der Waals surface area (Å²) in [6, 6.07) is 21.3. The smallest absolute Gasteiger partial charge is 0.248 e. The third-order valence-corrected chi connectivity index (χ3v) is 5.23. The largest absolute Gasteiger partial charge is 0.450 e. The van der Waals surface area contributed by atoms with Gasteiger partial charge in [0.2, 0.25) is 11.7 Å². The van der Waals surface area contributed by atoms with Crippen LogP contribution >= 0.6 is 27.5 Å². The Morgan fingerprint density at radius 3 is 2.37 bits per heavy atom. The highest BCUT2D eigenvalue weighted by Gasteiger charge is 2.22. The van der Waals surface area contributed by atoms with E-state index in [4.69, 9.17) is 16.0 Å². The number of para-hydroxylation sites is 1. The normalized spacial score (nSPS) is 11.1. The van der Waals surface area contributed by atoms with Crippen LogP contribution in [0, 0.1) is 0 Å². The van der Waals surface area contributed by atoms with Crippen molar-refractivity contribution in [3.8, 4) is 0 Å². The van der Waals surface area contributed by atoms with Crippen molar-refractivity contribution >= 4 is 62.0 Å². The average Bonchev–Trinajstić information content (AvgIpc) is 3.12. The van der Waals surface area contributed by atoms with Gasteiger partial charge in [0.05, 0.1) is 5.69 Å². The summed E-state index contributed by atoms with van der Waals surface area (Å²) in [5, 5.41) is 4.08. The first-order chi connectivity index (χ1) is 14.5. The zero-order valence-corrected chi connectivity index (χ0v) is 17.9. The molecule has 30 heavy (non-hydrogen) atoms. The van der Waals surface area contributed by atoms with Crippen LogP contribution in [0.5, 0.6) is 0 Å². The van der Waals surface area contributed by atoms with Crippen molar-refractivity contribution < 1.29 is 14.0 Å². The molecule has 4 aromatic rings. The molecule has 0 radical (unpaired) electrons. The van der Waals surface area contributed by atoms with Gasteiger partial charge in [0.15, 0.2) is 5.76 Å². The van der Waals surface area contributed by atoms with E-state index in [1.165, 1.54) is 6.08 Å².